The topological polar surface area (TPSA) is 88.9 Å². The molecule has 0 fully saturated rings. The van der Waals surface area contributed by atoms with Gasteiger partial charge in [-0.3, -0.25) is 9.59 Å². The summed E-state index contributed by atoms with van der Waals surface area (Å²) in [4.78, 5) is 23.7. The van der Waals surface area contributed by atoms with Gasteiger partial charge >= 0.3 is 0 Å². The Bertz CT molecular complexity index is 623. The van der Waals surface area contributed by atoms with Crippen molar-refractivity contribution in [2.75, 3.05) is 10.6 Å². The standard InChI is InChI=1S/C12H12FN5O2/c1-8(19)15-11-6-14-18(17-11)7-12(20)16-10-4-2-9(13)3-5-10/h2-6H,7H2,1H3,(H,16,20)(H,15,17,19). The van der Waals surface area contributed by atoms with Gasteiger partial charge in [0, 0.05) is 12.6 Å². The Morgan fingerprint density at radius 2 is 1.95 bits per heavy atom. The van der Waals surface area contributed by atoms with Gasteiger partial charge in [0.1, 0.15) is 12.4 Å². The molecule has 2 rings (SSSR count). The summed E-state index contributed by atoms with van der Waals surface area (Å²) in [6, 6.07) is 5.40. The molecule has 0 aliphatic rings. The lowest BCUT2D eigenvalue weighted by Gasteiger charge is -2.04. The van der Waals surface area contributed by atoms with Crippen molar-refractivity contribution in [1.29, 1.82) is 0 Å². The molecule has 0 saturated carbocycles. The molecule has 0 atom stereocenters. The molecule has 1 heterocycles. The summed E-state index contributed by atoms with van der Waals surface area (Å²) in [5, 5.41) is 12.8. The van der Waals surface area contributed by atoms with Crippen LogP contribution < -0.4 is 10.6 Å². The summed E-state index contributed by atoms with van der Waals surface area (Å²) >= 11 is 0. The van der Waals surface area contributed by atoms with Gasteiger partial charge in [0.15, 0.2) is 5.82 Å². The van der Waals surface area contributed by atoms with E-state index >= 15 is 0 Å². The van der Waals surface area contributed by atoms with Crippen molar-refractivity contribution in [3.63, 3.8) is 0 Å². The van der Waals surface area contributed by atoms with Crippen molar-refractivity contribution < 1.29 is 14.0 Å². The molecule has 0 unspecified atom stereocenters. The van der Waals surface area contributed by atoms with Gasteiger partial charge in [-0.25, -0.2) is 4.39 Å². The van der Waals surface area contributed by atoms with E-state index in [2.05, 4.69) is 20.8 Å². The van der Waals surface area contributed by atoms with Gasteiger partial charge in [-0.05, 0) is 24.3 Å². The summed E-state index contributed by atoms with van der Waals surface area (Å²) in [6.07, 6.45) is 1.34. The van der Waals surface area contributed by atoms with Gasteiger partial charge in [0.25, 0.3) is 0 Å². The van der Waals surface area contributed by atoms with Crippen LogP contribution in [0.3, 0.4) is 0 Å². The molecule has 7 nitrogen and oxygen atoms in total. The number of hydrogen-bond donors (Lipinski definition) is 2. The Balaban J connectivity index is 1.92. The molecule has 8 heteroatoms. The number of nitrogens with one attached hydrogen (secondary N) is 2. The number of nitrogens with zero attached hydrogens (tertiary/aromatic N) is 3. The van der Waals surface area contributed by atoms with Crippen LogP contribution in [-0.4, -0.2) is 26.8 Å². The lowest BCUT2D eigenvalue weighted by atomic mass is 10.3. The summed E-state index contributed by atoms with van der Waals surface area (Å²) in [5.74, 6) is -0.738. The number of carbonyl (C=O) groups excluding carboxylic acids is 2. The molecule has 1 aromatic heterocycles. The maximum atomic E-state index is 12.7. The van der Waals surface area contributed by atoms with Gasteiger partial charge in [0.2, 0.25) is 11.8 Å². The molecule has 0 saturated heterocycles. The van der Waals surface area contributed by atoms with Crippen LogP contribution in [0.4, 0.5) is 15.9 Å². The minimum absolute atomic E-state index is 0.114. The van der Waals surface area contributed by atoms with Crippen molar-refractivity contribution in [2.45, 2.75) is 13.5 Å². The smallest absolute Gasteiger partial charge is 0.247 e. The summed E-state index contributed by atoms with van der Waals surface area (Å²) < 4.78 is 12.7. The Kier molecular flexibility index (Phi) is 4.04. The number of hydrogen-bond acceptors (Lipinski definition) is 4. The van der Waals surface area contributed by atoms with Gasteiger partial charge in [0.05, 0.1) is 6.20 Å². The van der Waals surface area contributed by atoms with Gasteiger partial charge in [-0.1, -0.05) is 0 Å². The molecule has 104 valence electrons. The third-order valence-electron chi connectivity index (χ3n) is 2.25. The fourth-order valence-electron chi connectivity index (χ4n) is 1.47. The van der Waals surface area contributed by atoms with Gasteiger partial charge < -0.3 is 10.6 Å². The molecule has 20 heavy (non-hydrogen) atoms. The molecule has 0 aliphatic heterocycles. The number of benzene rings is 1. The van der Waals surface area contributed by atoms with Crippen LogP contribution in [0.15, 0.2) is 30.5 Å². The van der Waals surface area contributed by atoms with Crippen LogP contribution >= 0.6 is 0 Å². The summed E-state index contributed by atoms with van der Waals surface area (Å²) in [5.41, 5.74) is 0.477. The Hall–Kier alpha value is -2.77. The second kappa shape index (κ2) is 5.91. The van der Waals surface area contributed by atoms with E-state index in [0.717, 1.165) is 4.80 Å². The lowest BCUT2D eigenvalue weighted by Crippen LogP contribution is -2.20. The van der Waals surface area contributed by atoms with E-state index in [4.69, 9.17) is 0 Å². The molecule has 0 aliphatic carbocycles. The first-order valence-electron chi connectivity index (χ1n) is 5.76. The maximum Gasteiger partial charge on any atom is 0.247 e. The zero-order valence-corrected chi connectivity index (χ0v) is 10.6. The SMILES string of the molecule is CC(=O)Nc1cnn(CC(=O)Nc2ccc(F)cc2)n1. The van der Waals surface area contributed by atoms with E-state index in [1.807, 2.05) is 0 Å². The minimum atomic E-state index is -0.378. The Morgan fingerprint density at radius 3 is 2.60 bits per heavy atom. The number of rotatable bonds is 4. The number of amides is 2. The fraction of sp³-hybridized carbons (Fsp3) is 0.167. The van der Waals surface area contributed by atoms with Crippen LogP contribution in [-0.2, 0) is 16.1 Å². The first-order chi connectivity index (χ1) is 9.52. The third-order valence-corrected chi connectivity index (χ3v) is 2.25. The largest absolute Gasteiger partial charge is 0.324 e. The lowest BCUT2D eigenvalue weighted by molar-refractivity contribution is -0.117. The van der Waals surface area contributed by atoms with Gasteiger partial charge in [-0.2, -0.15) is 9.90 Å². The van der Waals surface area contributed by atoms with E-state index in [1.165, 1.54) is 37.4 Å². The highest BCUT2D eigenvalue weighted by Crippen LogP contribution is 2.08. The monoisotopic (exact) mass is 277 g/mol. The van der Waals surface area contributed by atoms with Gasteiger partial charge in [-0.15, -0.1) is 5.10 Å². The Morgan fingerprint density at radius 1 is 1.25 bits per heavy atom. The van der Waals surface area contributed by atoms with Crippen molar-refractivity contribution >= 4 is 23.3 Å². The first-order valence-corrected chi connectivity index (χ1v) is 5.76. The molecule has 1 aromatic carbocycles. The van der Waals surface area contributed by atoms with Crippen molar-refractivity contribution in [1.82, 2.24) is 15.0 Å². The fourth-order valence-corrected chi connectivity index (χ4v) is 1.47. The van der Waals surface area contributed by atoms with Crippen LogP contribution in [0.1, 0.15) is 6.92 Å². The zero-order valence-electron chi connectivity index (χ0n) is 10.6. The number of anilines is 2. The highest BCUT2D eigenvalue weighted by atomic mass is 19.1. The van der Waals surface area contributed by atoms with Crippen molar-refractivity contribution in [3.05, 3.63) is 36.3 Å². The number of aromatic nitrogens is 3. The molecule has 2 aromatic rings. The van der Waals surface area contributed by atoms with Crippen molar-refractivity contribution in [3.8, 4) is 0 Å². The second-order valence-electron chi connectivity index (χ2n) is 4.00. The van der Waals surface area contributed by atoms with Crippen LogP contribution in [0, 0.1) is 5.82 Å². The Labute approximate surface area is 113 Å². The van der Waals surface area contributed by atoms with Crippen LogP contribution in [0.2, 0.25) is 0 Å². The number of halogens is 1. The number of carbonyl (C=O) groups is 2. The average Bonchev–Trinajstić information content (AvgIpc) is 2.78. The average molecular weight is 277 g/mol. The van der Waals surface area contributed by atoms with E-state index in [9.17, 15) is 14.0 Å². The molecule has 2 N–H and O–H groups in total. The predicted octanol–water partition coefficient (Wildman–Crippen LogP) is 1.01. The molecule has 2 amide bonds. The zero-order chi connectivity index (χ0) is 14.5. The predicted molar refractivity (Wildman–Crippen MR) is 69.4 cm³/mol. The van der Waals surface area contributed by atoms with E-state index in [1.54, 1.807) is 0 Å². The first kappa shape index (κ1) is 13.7. The molecular formula is C12H12FN5O2. The highest BCUT2D eigenvalue weighted by Gasteiger charge is 2.07. The summed E-state index contributed by atoms with van der Waals surface area (Å²) in [7, 11) is 0. The van der Waals surface area contributed by atoms with E-state index in [-0.39, 0.29) is 30.0 Å². The van der Waals surface area contributed by atoms with Crippen LogP contribution in [0.25, 0.3) is 0 Å². The molecule has 0 bridgehead atoms. The van der Waals surface area contributed by atoms with Crippen molar-refractivity contribution in [2.24, 2.45) is 0 Å². The molecule has 0 spiro atoms. The van der Waals surface area contributed by atoms with Crippen LogP contribution in [0.5, 0.6) is 0 Å². The quantitative estimate of drug-likeness (QED) is 0.873. The second-order valence-corrected chi connectivity index (χ2v) is 4.00. The van der Waals surface area contributed by atoms with E-state index in [0.29, 0.717) is 5.69 Å². The molecule has 0 radical (unpaired) electrons. The summed E-state index contributed by atoms with van der Waals surface area (Å²) in [6.45, 7) is 1.23. The maximum absolute atomic E-state index is 12.7. The minimum Gasteiger partial charge on any atom is -0.324 e. The molecular weight excluding hydrogens is 265 g/mol. The normalized spacial score (nSPS) is 10.1. The van der Waals surface area contributed by atoms with E-state index < -0.39 is 0 Å². The highest BCUT2D eigenvalue weighted by molar-refractivity contribution is 5.90. The third kappa shape index (κ3) is 3.87.